The molecule has 1 heterocycles. The highest BCUT2D eigenvalue weighted by atomic mass is 32.2. The quantitative estimate of drug-likeness (QED) is 0.652. The van der Waals surface area contributed by atoms with E-state index in [1.54, 1.807) is 18.2 Å². The lowest BCUT2D eigenvalue weighted by Crippen LogP contribution is -2.48. The number of rotatable bonds is 3. The van der Waals surface area contributed by atoms with Crippen LogP contribution >= 0.6 is 11.8 Å². The van der Waals surface area contributed by atoms with Crippen molar-refractivity contribution in [2.45, 2.75) is 10.3 Å². The van der Waals surface area contributed by atoms with Gasteiger partial charge in [0.05, 0.1) is 11.4 Å². The second-order valence-electron chi connectivity index (χ2n) is 3.84. The predicted octanol–water partition coefficient (Wildman–Crippen LogP) is 0.711. The second kappa shape index (κ2) is 5.81. The number of hydrogen-bond donors (Lipinski definition) is 1. The van der Waals surface area contributed by atoms with Crippen LogP contribution in [0.25, 0.3) is 0 Å². The monoisotopic (exact) mass is 316 g/mol. The summed E-state index contributed by atoms with van der Waals surface area (Å²) in [5.41, 5.74) is -0.614. The third kappa shape index (κ3) is 2.65. The zero-order valence-electron chi connectivity index (χ0n) is 10.5. The Kier molecular flexibility index (Phi) is 4.31. The van der Waals surface area contributed by atoms with Gasteiger partial charge in [-0.15, -0.1) is 0 Å². The molecule has 1 N–H and O–H groups in total. The van der Waals surface area contributed by atoms with Crippen LogP contribution in [-0.2, 0) is 19.6 Å². The Bertz CT molecular complexity index is 629. The van der Waals surface area contributed by atoms with Gasteiger partial charge in [0.1, 0.15) is 5.44 Å². The minimum absolute atomic E-state index is 0.00704. The van der Waals surface area contributed by atoms with Crippen molar-refractivity contribution >= 4 is 32.7 Å². The molecule has 7 nitrogen and oxygen atoms in total. The van der Waals surface area contributed by atoms with E-state index >= 15 is 0 Å². The van der Waals surface area contributed by atoms with Crippen LogP contribution in [-0.4, -0.2) is 48.0 Å². The summed E-state index contributed by atoms with van der Waals surface area (Å²) >= 11 is 0.877. The molecular formula is C11H12N2O5S2. The van der Waals surface area contributed by atoms with Crippen LogP contribution in [0.15, 0.2) is 40.4 Å². The number of nitrogens with zero attached hydrogens (tertiary/aromatic N) is 2. The smallest absolute Gasteiger partial charge is 0.296 e. The summed E-state index contributed by atoms with van der Waals surface area (Å²) in [6.45, 7) is -0.143. The largest absolute Gasteiger partial charge is 0.410 e. The molecule has 1 atom stereocenters. The van der Waals surface area contributed by atoms with E-state index in [1.165, 1.54) is 19.2 Å². The van der Waals surface area contributed by atoms with E-state index < -0.39 is 21.4 Å². The molecule has 108 valence electrons. The highest BCUT2D eigenvalue weighted by Gasteiger charge is 2.40. The van der Waals surface area contributed by atoms with Gasteiger partial charge in [-0.05, 0) is 12.1 Å². The Morgan fingerprint density at radius 3 is 2.60 bits per heavy atom. The Balaban J connectivity index is 2.42. The molecular weight excluding hydrogens is 304 g/mol. The Morgan fingerprint density at radius 2 is 2.05 bits per heavy atom. The summed E-state index contributed by atoms with van der Waals surface area (Å²) < 4.78 is 30.5. The molecule has 1 aliphatic rings. The molecule has 0 bridgehead atoms. The number of benzene rings is 1. The zero-order valence-corrected chi connectivity index (χ0v) is 12.1. The van der Waals surface area contributed by atoms with Gasteiger partial charge in [0, 0.05) is 7.11 Å². The van der Waals surface area contributed by atoms with E-state index in [0.717, 1.165) is 11.8 Å². The van der Waals surface area contributed by atoms with Crippen LogP contribution < -0.4 is 0 Å². The van der Waals surface area contributed by atoms with Crippen molar-refractivity contribution in [3.8, 4) is 0 Å². The van der Waals surface area contributed by atoms with Crippen molar-refractivity contribution in [1.82, 2.24) is 4.31 Å². The van der Waals surface area contributed by atoms with E-state index in [4.69, 9.17) is 9.94 Å². The first-order valence-electron chi connectivity index (χ1n) is 5.54. The number of thioether (sulfide) groups is 1. The van der Waals surface area contributed by atoms with Crippen molar-refractivity contribution in [2.75, 3.05) is 13.7 Å². The number of amides is 1. The molecule has 1 unspecified atom stereocenters. The normalized spacial score (nSPS) is 22.2. The van der Waals surface area contributed by atoms with E-state index in [0.29, 0.717) is 4.31 Å². The number of methoxy groups -OCH3 is 1. The molecule has 1 aromatic carbocycles. The molecule has 20 heavy (non-hydrogen) atoms. The minimum Gasteiger partial charge on any atom is -0.410 e. The fourth-order valence-corrected chi connectivity index (χ4v) is 4.02. The topological polar surface area (TPSA) is 96.3 Å². The van der Waals surface area contributed by atoms with Crippen LogP contribution in [0.2, 0.25) is 0 Å². The van der Waals surface area contributed by atoms with Gasteiger partial charge in [0.15, 0.2) is 0 Å². The number of carbonyl (C=O) groups is 1. The van der Waals surface area contributed by atoms with Gasteiger partial charge >= 0.3 is 0 Å². The van der Waals surface area contributed by atoms with E-state index in [-0.39, 0.29) is 16.5 Å². The van der Waals surface area contributed by atoms with Crippen molar-refractivity contribution in [3.05, 3.63) is 30.3 Å². The third-order valence-electron chi connectivity index (χ3n) is 2.65. The zero-order chi connectivity index (χ0) is 14.8. The molecule has 0 saturated carbocycles. The van der Waals surface area contributed by atoms with E-state index in [2.05, 4.69) is 5.16 Å². The van der Waals surface area contributed by atoms with Crippen molar-refractivity contribution in [1.29, 1.82) is 0 Å². The van der Waals surface area contributed by atoms with Crippen LogP contribution in [0.1, 0.15) is 0 Å². The molecule has 1 aromatic rings. The predicted molar refractivity (Wildman–Crippen MR) is 73.0 cm³/mol. The highest BCUT2D eigenvalue weighted by molar-refractivity contribution is 8.16. The van der Waals surface area contributed by atoms with Gasteiger partial charge in [-0.25, -0.2) is 12.7 Å². The van der Waals surface area contributed by atoms with Gasteiger partial charge in [-0.3, -0.25) is 4.79 Å². The van der Waals surface area contributed by atoms with Crippen LogP contribution in [0, 0.1) is 0 Å². The van der Waals surface area contributed by atoms with E-state index in [9.17, 15) is 13.2 Å². The maximum absolute atomic E-state index is 12.4. The maximum Gasteiger partial charge on any atom is 0.296 e. The second-order valence-corrected chi connectivity index (χ2v) is 6.85. The van der Waals surface area contributed by atoms with Crippen LogP contribution in [0.4, 0.5) is 0 Å². The Labute approximate surface area is 120 Å². The molecule has 0 radical (unpaired) electrons. The summed E-state index contributed by atoms with van der Waals surface area (Å²) in [7, 11) is -2.61. The van der Waals surface area contributed by atoms with Crippen molar-refractivity contribution in [3.63, 3.8) is 0 Å². The molecule has 9 heteroatoms. The SMILES string of the molecule is COC1CN(S(=O)(=O)c2ccccc2)C(=O)C(=NO)S1. The number of sulfonamides is 1. The van der Waals surface area contributed by atoms with Crippen molar-refractivity contribution in [2.24, 2.45) is 5.16 Å². The number of hydrogen-bond acceptors (Lipinski definition) is 7. The summed E-state index contributed by atoms with van der Waals surface area (Å²) in [6, 6.07) is 7.57. The lowest BCUT2D eigenvalue weighted by molar-refractivity contribution is -0.120. The average molecular weight is 316 g/mol. The van der Waals surface area contributed by atoms with Gasteiger partial charge in [-0.1, -0.05) is 35.1 Å². The lowest BCUT2D eigenvalue weighted by Gasteiger charge is -2.30. The maximum atomic E-state index is 12.4. The Morgan fingerprint density at radius 1 is 1.40 bits per heavy atom. The molecule has 1 fully saturated rings. The highest BCUT2D eigenvalue weighted by Crippen LogP contribution is 2.27. The van der Waals surface area contributed by atoms with Crippen LogP contribution in [0.3, 0.4) is 0 Å². The summed E-state index contributed by atoms with van der Waals surface area (Å²) in [6.07, 6.45) is 0. The molecule has 0 aliphatic carbocycles. The molecule has 0 aromatic heterocycles. The molecule has 2 rings (SSSR count). The fraction of sp³-hybridized carbons (Fsp3) is 0.273. The number of oxime groups is 1. The molecule has 1 aliphatic heterocycles. The summed E-state index contributed by atoms with van der Waals surface area (Å²) in [5.74, 6) is -0.866. The average Bonchev–Trinajstić information content (AvgIpc) is 2.48. The summed E-state index contributed by atoms with van der Waals surface area (Å²) in [4.78, 5) is 12.0. The lowest BCUT2D eigenvalue weighted by atomic mass is 10.4. The Hall–Kier alpha value is -1.58. The first-order valence-corrected chi connectivity index (χ1v) is 7.86. The summed E-state index contributed by atoms with van der Waals surface area (Å²) in [5, 5.41) is 11.3. The van der Waals surface area contributed by atoms with Gasteiger partial charge in [0.2, 0.25) is 5.04 Å². The first kappa shape index (κ1) is 14.8. The van der Waals surface area contributed by atoms with Gasteiger partial charge in [0.25, 0.3) is 15.9 Å². The van der Waals surface area contributed by atoms with E-state index in [1.807, 2.05) is 0 Å². The minimum atomic E-state index is -4.00. The van der Waals surface area contributed by atoms with Gasteiger partial charge < -0.3 is 9.94 Å². The number of ether oxygens (including phenoxy) is 1. The molecule has 1 amide bonds. The third-order valence-corrected chi connectivity index (χ3v) is 5.50. The van der Waals surface area contributed by atoms with Crippen LogP contribution in [0.5, 0.6) is 0 Å². The van der Waals surface area contributed by atoms with Gasteiger partial charge in [-0.2, -0.15) is 0 Å². The fourth-order valence-electron chi connectivity index (χ4n) is 1.65. The first-order chi connectivity index (χ1) is 9.50. The number of carbonyl (C=O) groups excluding carboxylic acids is 1. The molecule has 0 spiro atoms. The molecule has 1 saturated heterocycles. The standard InChI is InChI=1S/C11H12N2O5S2/c1-18-9-7-13(11(14)10(12-15)19-9)20(16,17)8-5-3-2-4-6-8/h2-6,9,15H,7H2,1H3. The van der Waals surface area contributed by atoms with Crippen molar-refractivity contribution < 1.29 is 23.2 Å².